The van der Waals surface area contributed by atoms with Crippen LogP contribution in [-0.2, 0) is 10.8 Å². The molecule has 3 nitrogen and oxygen atoms in total. The minimum Gasteiger partial charge on any atom is -0.308 e. The normalized spacial score (nSPS) is 17.3. The van der Waals surface area contributed by atoms with E-state index in [9.17, 15) is 0 Å². The lowest BCUT2D eigenvalue weighted by molar-refractivity contribution is 0.661. The molecule has 0 saturated carbocycles. The molecule has 48 heavy (non-hydrogen) atoms. The van der Waals surface area contributed by atoms with Crippen molar-refractivity contribution in [3.8, 4) is 50.6 Å². The molecular weight excluding hydrogens is 583 g/mol. The first-order valence-electron chi connectivity index (χ1n) is 16.9. The Morgan fingerprint density at radius 3 is 2.02 bits per heavy atom. The van der Waals surface area contributed by atoms with E-state index in [1.54, 1.807) is 0 Å². The Balaban J connectivity index is 1.36. The SMILES string of the molecule is CC1(C)c2ccccc2-c2c1ccc1c3ccc4cc3n(c21)-c1ccccc1-c1nc(-c2ccccc2)c2c(n1)C4(C)c1ccccc1-2. The molecule has 0 saturated heterocycles. The molecule has 3 heteroatoms. The average Bonchev–Trinajstić information content (AvgIpc) is 3.69. The van der Waals surface area contributed by atoms with E-state index < -0.39 is 5.41 Å². The molecule has 1 unspecified atom stereocenters. The summed E-state index contributed by atoms with van der Waals surface area (Å²) >= 11 is 0. The van der Waals surface area contributed by atoms with Crippen LogP contribution in [0.5, 0.6) is 0 Å². The topological polar surface area (TPSA) is 30.7 Å². The van der Waals surface area contributed by atoms with Crippen molar-refractivity contribution in [1.82, 2.24) is 14.5 Å². The third-order valence-electron chi connectivity index (χ3n) is 11.6. The first kappa shape index (κ1) is 26.3. The van der Waals surface area contributed by atoms with E-state index in [2.05, 4.69) is 159 Å². The van der Waals surface area contributed by atoms with Gasteiger partial charge < -0.3 is 4.57 Å². The van der Waals surface area contributed by atoms with Crippen molar-refractivity contribution in [3.63, 3.8) is 0 Å². The van der Waals surface area contributed by atoms with Crippen molar-refractivity contribution >= 4 is 21.8 Å². The summed E-state index contributed by atoms with van der Waals surface area (Å²) in [5, 5.41) is 2.53. The molecule has 6 aromatic carbocycles. The Labute approximate surface area is 279 Å². The second-order valence-corrected chi connectivity index (χ2v) is 14.3. The number of hydrogen-bond donors (Lipinski definition) is 0. The van der Waals surface area contributed by atoms with E-state index in [1.807, 2.05) is 0 Å². The largest absolute Gasteiger partial charge is 0.308 e. The molecule has 3 heterocycles. The standard InChI is InChI=1S/C45H31N3/c1-44(2)33-18-10-7-15-30(33)38-35(44)24-23-29-28-22-21-27-25-37(28)48(41(29)38)36-20-12-9-17-32(36)43-46-40(26-13-5-4-6-14-26)39-31-16-8-11-19-34(31)45(27,3)42(39)47-43/h4-25H,1-3H3. The van der Waals surface area contributed by atoms with E-state index in [1.165, 1.54) is 60.8 Å². The van der Waals surface area contributed by atoms with Crippen molar-refractivity contribution in [1.29, 1.82) is 0 Å². The van der Waals surface area contributed by atoms with Gasteiger partial charge in [-0.3, -0.25) is 0 Å². The molecule has 3 aliphatic rings. The number of hydrogen-bond acceptors (Lipinski definition) is 2. The zero-order valence-corrected chi connectivity index (χ0v) is 27.0. The van der Waals surface area contributed by atoms with Crippen molar-refractivity contribution in [3.05, 3.63) is 161 Å². The van der Waals surface area contributed by atoms with Crippen LogP contribution in [-0.4, -0.2) is 14.5 Å². The predicted octanol–water partition coefficient (Wildman–Crippen LogP) is 10.9. The summed E-state index contributed by atoms with van der Waals surface area (Å²) in [6.45, 7) is 7.09. The maximum atomic E-state index is 5.58. The van der Waals surface area contributed by atoms with Crippen LogP contribution >= 0.6 is 0 Å². The zero-order valence-electron chi connectivity index (χ0n) is 27.0. The molecule has 226 valence electrons. The number of fused-ring (bicyclic) bond motifs is 16. The van der Waals surface area contributed by atoms with Gasteiger partial charge >= 0.3 is 0 Å². The molecule has 1 atom stereocenters. The Morgan fingerprint density at radius 2 is 1.21 bits per heavy atom. The van der Waals surface area contributed by atoms with Crippen LogP contribution in [0.25, 0.3) is 72.4 Å². The Morgan fingerprint density at radius 1 is 0.542 bits per heavy atom. The number of rotatable bonds is 1. The van der Waals surface area contributed by atoms with Crippen molar-refractivity contribution in [2.24, 2.45) is 0 Å². The van der Waals surface area contributed by atoms with E-state index in [0.717, 1.165) is 39.6 Å². The fraction of sp³-hybridized carbons (Fsp3) is 0.111. The maximum absolute atomic E-state index is 5.58. The summed E-state index contributed by atoms with van der Waals surface area (Å²) in [5.41, 5.74) is 17.5. The number of aromatic nitrogens is 3. The quantitative estimate of drug-likeness (QED) is 0.184. The Hall–Kier alpha value is -5.80. The zero-order chi connectivity index (χ0) is 31.9. The fourth-order valence-corrected chi connectivity index (χ4v) is 9.27. The lowest BCUT2D eigenvalue weighted by Crippen LogP contribution is -2.24. The summed E-state index contributed by atoms with van der Waals surface area (Å²) in [6.07, 6.45) is 0. The van der Waals surface area contributed by atoms with Crippen LogP contribution < -0.4 is 0 Å². The smallest absolute Gasteiger partial charge is 0.162 e. The van der Waals surface area contributed by atoms with Crippen LogP contribution in [0.4, 0.5) is 0 Å². The van der Waals surface area contributed by atoms with Gasteiger partial charge in [-0.2, -0.15) is 0 Å². The van der Waals surface area contributed by atoms with Crippen LogP contribution in [0.1, 0.15) is 48.7 Å². The van der Waals surface area contributed by atoms with Gasteiger partial charge in [-0.25, -0.2) is 9.97 Å². The molecule has 0 N–H and O–H groups in total. The van der Waals surface area contributed by atoms with Gasteiger partial charge in [0.05, 0.1) is 33.5 Å². The summed E-state index contributed by atoms with van der Waals surface area (Å²) in [6, 6.07) is 49.1. The van der Waals surface area contributed by atoms with Crippen LogP contribution in [0.2, 0.25) is 0 Å². The third-order valence-corrected chi connectivity index (χ3v) is 11.6. The van der Waals surface area contributed by atoms with E-state index in [-0.39, 0.29) is 5.41 Å². The van der Waals surface area contributed by atoms with Crippen LogP contribution in [0.3, 0.4) is 0 Å². The molecule has 11 rings (SSSR count). The molecule has 2 aromatic heterocycles. The number of nitrogens with zero attached hydrogens (tertiary/aromatic N) is 3. The lowest BCUT2D eigenvalue weighted by atomic mass is 9.76. The molecule has 0 amide bonds. The highest BCUT2D eigenvalue weighted by Crippen LogP contribution is 2.57. The van der Waals surface area contributed by atoms with E-state index in [0.29, 0.717) is 0 Å². The molecule has 0 spiro atoms. The number of benzene rings is 6. The minimum absolute atomic E-state index is 0.100. The monoisotopic (exact) mass is 613 g/mol. The van der Waals surface area contributed by atoms with Gasteiger partial charge in [-0.1, -0.05) is 129 Å². The highest BCUT2D eigenvalue weighted by molar-refractivity contribution is 6.16. The second kappa shape index (κ2) is 8.76. The van der Waals surface area contributed by atoms with Crippen LogP contribution in [0.15, 0.2) is 133 Å². The highest BCUT2D eigenvalue weighted by Gasteiger charge is 2.45. The van der Waals surface area contributed by atoms with Gasteiger partial charge in [-0.15, -0.1) is 0 Å². The molecule has 8 aromatic rings. The van der Waals surface area contributed by atoms with Gasteiger partial charge in [-0.05, 0) is 58.5 Å². The van der Waals surface area contributed by atoms with Gasteiger partial charge in [0, 0.05) is 38.4 Å². The molecular formula is C45H31N3. The summed E-state index contributed by atoms with van der Waals surface area (Å²) < 4.78 is 2.52. The summed E-state index contributed by atoms with van der Waals surface area (Å²) in [5.74, 6) is 0.760. The van der Waals surface area contributed by atoms with Gasteiger partial charge in [0.1, 0.15) is 0 Å². The molecule has 0 radical (unpaired) electrons. The summed E-state index contributed by atoms with van der Waals surface area (Å²) in [4.78, 5) is 11.1. The number of para-hydroxylation sites is 1. The Bertz CT molecular complexity index is 2710. The second-order valence-electron chi connectivity index (χ2n) is 14.3. The summed E-state index contributed by atoms with van der Waals surface area (Å²) in [7, 11) is 0. The third kappa shape index (κ3) is 3.01. The first-order valence-corrected chi connectivity index (χ1v) is 16.9. The average molecular weight is 614 g/mol. The highest BCUT2D eigenvalue weighted by atomic mass is 15.0. The Kier molecular flexibility index (Phi) is 4.80. The minimum atomic E-state index is -0.467. The molecule has 2 aliphatic carbocycles. The van der Waals surface area contributed by atoms with Crippen molar-refractivity contribution in [2.45, 2.75) is 31.6 Å². The molecule has 0 fully saturated rings. The van der Waals surface area contributed by atoms with E-state index in [4.69, 9.17) is 9.97 Å². The van der Waals surface area contributed by atoms with E-state index >= 15 is 0 Å². The van der Waals surface area contributed by atoms with Gasteiger partial charge in [0.2, 0.25) is 0 Å². The van der Waals surface area contributed by atoms with Gasteiger partial charge in [0.15, 0.2) is 5.82 Å². The van der Waals surface area contributed by atoms with Crippen molar-refractivity contribution in [2.75, 3.05) is 0 Å². The maximum Gasteiger partial charge on any atom is 0.162 e. The first-order chi connectivity index (χ1) is 23.5. The fourth-order valence-electron chi connectivity index (χ4n) is 9.27. The van der Waals surface area contributed by atoms with Gasteiger partial charge in [0.25, 0.3) is 0 Å². The molecule has 4 bridgehead atoms. The predicted molar refractivity (Wildman–Crippen MR) is 196 cm³/mol. The molecule has 1 aliphatic heterocycles. The lowest BCUT2D eigenvalue weighted by Gasteiger charge is -2.29. The van der Waals surface area contributed by atoms with Crippen molar-refractivity contribution < 1.29 is 0 Å². The van der Waals surface area contributed by atoms with Crippen LogP contribution in [0, 0.1) is 0 Å².